The van der Waals surface area contributed by atoms with Gasteiger partial charge in [-0.3, -0.25) is 4.79 Å². The van der Waals surface area contributed by atoms with Crippen molar-refractivity contribution in [2.24, 2.45) is 0 Å². The Kier molecular flexibility index (Phi) is 7.92. The van der Waals surface area contributed by atoms with Gasteiger partial charge >= 0.3 is 0 Å². The number of nitrogens with one attached hydrogen (secondary N) is 2. The number of carbonyl (C=O) groups excluding carboxylic acids is 1. The van der Waals surface area contributed by atoms with Crippen molar-refractivity contribution < 1.29 is 13.2 Å². The minimum Gasteiger partial charge on any atom is -0.355 e. The van der Waals surface area contributed by atoms with Gasteiger partial charge in [0.2, 0.25) is 15.9 Å². The Morgan fingerprint density at radius 1 is 1.27 bits per heavy atom. The second-order valence-corrected chi connectivity index (χ2v) is 7.76. The maximum atomic E-state index is 12.4. The summed E-state index contributed by atoms with van der Waals surface area (Å²) in [5, 5.41) is 2.75. The summed E-state index contributed by atoms with van der Waals surface area (Å²) in [5.41, 5.74) is 0.985. The highest BCUT2D eigenvalue weighted by Crippen LogP contribution is 2.12. The van der Waals surface area contributed by atoms with Crippen LogP contribution >= 0.6 is 11.8 Å². The molecule has 1 rings (SSSR count). The molecule has 1 aromatic rings. The van der Waals surface area contributed by atoms with Crippen molar-refractivity contribution >= 4 is 27.7 Å². The first-order chi connectivity index (χ1) is 10.4. The minimum absolute atomic E-state index is 0.176. The first-order valence-corrected chi connectivity index (χ1v) is 10.1. The maximum Gasteiger partial charge on any atom is 0.241 e. The van der Waals surface area contributed by atoms with Gasteiger partial charge in [-0.25, -0.2) is 8.42 Å². The highest BCUT2D eigenvalue weighted by Gasteiger charge is 2.25. The van der Waals surface area contributed by atoms with Gasteiger partial charge in [0, 0.05) is 6.54 Å². The number of hydrogen-bond acceptors (Lipinski definition) is 4. The number of thioether (sulfide) groups is 1. The number of rotatable bonds is 9. The highest BCUT2D eigenvalue weighted by molar-refractivity contribution is 7.98. The predicted octanol–water partition coefficient (Wildman–Crippen LogP) is 1.92. The van der Waals surface area contributed by atoms with Gasteiger partial charge in [0.1, 0.15) is 6.04 Å². The molecule has 124 valence electrons. The van der Waals surface area contributed by atoms with Crippen molar-refractivity contribution in [2.45, 2.75) is 37.6 Å². The number of sulfonamides is 1. The summed E-state index contributed by atoms with van der Waals surface area (Å²) in [7, 11) is -3.70. The summed E-state index contributed by atoms with van der Waals surface area (Å²) in [5.74, 6) is 0.437. The van der Waals surface area contributed by atoms with Crippen LogP contribution in [0.3, 0.4) is 0 Å². The maximum absolute atomic E-state index is 12.4. The van der Waals surface area contributed by atoms with E-state index in [-0.39, 0.29) is 10.8 Å². The summed E-state index contributed by atoms with van der Waals surface area (Å²) in [4.78, 5) is 12.3. The van der Waals surface area contributed by atoms with Crippen LogP contribution in [0.15, 0.2) is 29.2 Å². The molecule has 1 aromatic carbocycles. The van der Waals surface area contributed by atoms with Crippen LogP contribution in [-0.4, -0.2) is 38.9 Å². The van der Waals surface area contributed by atoms with Gasteiger partial charge < -0.3 is 5.32 Å². The fourth-order valence-electron chi connectivity index (χ4n) is 1.82. The molecule has 0 aromatic heterocycles. The molecule has 0 saturated heterocycles. The highest BCUT2D eigenvalue weighted by atomic mass is 32.2. The number of hydrogen-bond donors (Lipinski definition) is 2. The molecule has 0 aliphatic heterocycles. The normalized spacial score (nSPS) is 12.9. The molecule has 1 unspecified atom stereocenters. The van der Waals surface area contributed by atoms with Crippen LogP contribution in [0, 0.1) is 6.92 Å². The topological polar surface area (TPSA) is 75.3 Å². The van der Waals surface area contributed by atoms with Crippen molar-refractivity contribution in [1.82, 2.24) is 10.0 Å². The molecular formula is C15H24N2O3S2. The van der Waals surface area contributed by atoms with Crippen molar-refractivity contribution in [3.63, 3.8) is 0 Å². The molecule has 0 aliphatic carbocycles. The summed E-state index contributed by atoms with van der Waals surface area (Å²) >= 11 is 1.58. The average Bonchev–Trinajstić information content (AvgIpc) is 2.49. The summed E-state index contributed by atoms with van der Waals surface area (Å²) in [6.45, 7) is 4.39. The lowest BCUT2D eigenvalue weighted by atomic mass is 10.2. The molecule has 0 fully saturated rings. The van der Waals surface area contributed by atoms with Crippen LogP contribution in [0.2, 0.25) is 0 Å². The molecule has 1 amide bonds. The number of amides is 1. The zero-order chi connectivity index (χ0) is 16.6. The first kappa shape index (κ1) is 19.0. The molecule has 0 radical (unpaired) electrons. The fraction of sp³-hybridized carbons (Fsp3) is 0.533. The lowest BCUT2D eigenvalue weighted by molar-refractivity contribution is -0.122. The van der Waals surface area contributed by atoms with E-state index in [9.17, 15) is 13.2 Å². The molecule has 0 heterocycles. The van der Waals surface area contributed by atoms with Gasteiger partial charge in [-0.2, -0.15) is 16.5 Å². The molecule has 0 spiro atoms. The first-order valence-electron chi connectivity index (χ1n) is 7.26. The Hall–Kier alpha value is -1.05. The zero-order valence-corrected chi connectivity index (χ0v) is 14.9. The Bertz CT molecular complexity index is 571. The molecule has 0 saturated carbocycles. The molecule has 5 nitrogen and oxygen atoms in total. The van der Waals surface area contributed by atoms with E-state index in [0.29, 0.717) is 18.7 Å². The largest absolute Gasteiger partial charge is 0.355 e. The standard InChI is InChI=1S/C15H24N2O3S2/c1-4-10-16-15(18)14(9-11-21-3)17-22(19,20)13-7-5-12(2)6-8-13/h5-8,14,17H,4,9-11H2,1-3H3,(H,16,18). The van der Waals surface area contributed by atoms with E-state index in [2.05, 4.69) is 10.0 Å². The Balaban J connectivity index is 2.86. The van der Waals surface area contributed by atoms with E-state index in [1.54, 1.807) is 36.0 Å². The third kappa shape index (κ3) is 5.98. The van der Waals surface area contributed by atoms with E-state index in [4.69, 9.17) is 0 Å². The second kappa shape index (κ2) is 9.17. The monoisotopic (exact) mass is 344 g/mol. The third-order valence-corrected chi connectivity index (χ3v) is 5.24. The molecule has 0 bridgehead atoms. The van der Waals surface area contributed by atoms with Crippen molar-refractivity contribution in [1.29, 1.82) is 0 Å². The van der Waals surface area contributed by atoms with Crippen molar-refractivity contribution in [3.8, 4) is 0 Å². The lowest BCUT2D eigenvalue weighted by Crippen LogP contribution is -2.47. The van der Waals surface area contributed by atoms with Gasteiger partial charge in [0.15, 0.2) is 0 Å². The number of carbonyl (C=O) groups is 1. The van der Waals surface area contributed by atoms with Crippen LogP contribution in [0.25, 0.3) is 0 Å². The minimum atomic E-state index is -3.70. The van der Waals surface area contributed by atoms with E-state index in [1.807, 2.05) is 20.1 Å². The summed E-state index contributed by atoms with van der Waals surface area (Å²) in [6, 6.07) is 5.83. The van der Waals surface area contributed by atoms with E-state index in [1.165, 1.54) is 0 Å². The number of benzene rings is 1. The molecule has 0 aliphatic rings. The molecule has 2 N–H and O–H groups in total. The molecular weight excluding hydrogens is 320 g/mol. The average molecular weight is 345 g/mol. The quantitative estimate of drug-likeness (QED) is 0.718. The van der Waals surface area contributed by atoms with Crippen LogP contribution in [-0.2, 0) is 14.8 Å². The van der Waals surface area contributed by atoms with E-state index in [0.717, 1.165) is 12.0 Å². The van der Waals surface area contributed by atoms with Crippen molar-refractivity contribution in [3.05, 3.63) is 29.8 Å². The summed E-state index contributed by atoms with van der Waals surface area (Å²) in [6.07, 6.45) is 3.20. The second-order valence-electron chi connectivity index (χ2n) is 5.06. The zero-order valence-electron chi connectivity index (χ0n) is 13.3. The van der Waals surface area contributed by atoms with Gasteiger partial charge in [-0.1, -0.05) is 24.6 Å². The lowest BCUT2D eigenvalue weighted by Gasteiger charge is -2.18. The summed E-state index contributed by atoms with van der Waals surface area (Å²) < 4.78 is 27.3. The molecule has 1 atom stereocenters. The Morgan fingerprint density at radius 2 is 1.91 bits per heavy atom. The van der Waals surface area contributed by atoms with Crippen LogP contribution in [0.5, 0.6) is 0 Å². The van der Waals surface area contributed by atoms with Crippen LogP contribution in [0.4, 0.5) is 0 Å². The van der Waals surface area contributed by atoms with Crippen LogP contribution < -0.4 is 10.0 Å². The Labute approximate surface area is 137 Å². The predicted molar refractivity (Wildman–Crippen MR) is 91.6 cm³/mol. The van der Waals surface area contributed by atoms with Crippen molar-refractivity contribution in [2.75, 3.05) is 18.6 Å². The third-order valence-electron chi connectivity index (χ3n) is 3.11. The molecule has 22 heavy (non-hydrogen) atoms. The van der Waals surface area contributed by atoms with Gasteiger partial charge in [-0.05, 0) is 43.9 Å². The molecule has 7 heteroatoms. The van der Waals surface area contributed by atoms with E-state index >= 15 is 0 Å². The SMILES string of the molecule is CCCNC(=O)C(CCSC)NS(=O)(=O)c1ccc(C)cc1. The smallest absolute Gasteiger partial charge is 0.241 e. The fourth-order valence-corrected chi connectivity index (χ4v) is 3.52. The van der Waals surface area contributed by atoms with Gasteiger partial charge in [0.25, 0.3) is 0 Å². The van der Waals surface area contributed by atoms with Crippen LogP contribution in [0.1, 0.15) is 25.3 Å². The Morgan fingerprint density at radius 3 is 2.45 bits per heavy atom. The van der Waals surface area contributed by atoms with Gasteiger partial charge in [0.05, 0.1) is 4.90 Å². The van der Waals surface area contributed by atoms with E-state index < -0.39 is 16.1 Å². The number of aryl methyl sites for hydroxylation is 1. The van der Waals surface area contributed by atoms with Gasteiger partial charge in [-0.15, -0.1) is 0 Å².